The molecule has 2 atom stereocenters. The molecule has 5 heterocycles. The van der Waals surface area contributed by atoms with Crippen LogP contribution in [0.15, 0.2) is 30.6 Å². The van der Waals surface area contributed by atoms with Gasteiger partial charge in [-0.1, -0.05) is 6.92 Å². The second kappa shape index (κ2) is 7.50. The van der Waals surface area contributed by atoms with Crippen molar-refractivity contribution in [2.24, 2.45) is 5.92 Å². The normalized spacial score (nSPS) is 23.6. The second-order valence-corrected chi connectivity index (χ2v) is 8.32. The standard InChI is InChI=1S/C21H27N7O/c1-15-5-2-12-27(13-15)18-8-7-17-19(24-18)28(16-6-3-11-26(17)14-16)21(29)25-20-22-9-4-10-23-20/h4,7-10,15-16H,2-3,5-6,11-14H2,1H3,(H,22,23,25,29)/t15?,16-/m1/s1. The van der Waals surface area contributed by atoms with Gasteiger partial charge in [0.1, 0.15) is 5.82 Å². The monoisotopic (exact) mass is 393 g/mol. The van der Waals surface area contributed by atoms with E-state index in [1.165, 1.54) is 12.8 Å². The Morgan fingerprint density at radius 3 is 2.69 bits per heavy atom. The number of carbonyl (C=O) groups is 1. The maximum atomic E-state index is 13.2. The first-order chi connectivity index (χ1) is 14.2. The number of nitrogens with zero attached hydrogens (tertiary/aromatic N) is 6. The molecular weight excluding hydrogens is 366 g/mol. The Morgan fingerprint density at radius 2 is 1.86 bits per heavy atom. The largest absolute Gasteiger partial charge is 0.366 e. The van der Waals surface area contributed by atoms with E-state index in [4.69, 9.17) is 4.98 Å². The Hall–Kier alpha value is -2.90. The predicted octanol–water partition coefficient (Wildman–Crippen LogP) is 3.13. The highest BCUT2D eigenvalue weighted by Gasteiger charge is 2.38. The zero-order valence-corrected chi connectivity index (χ0v) is 16.8. The predicted molar refractivity (Wildman–Crippen MR) is 114 cm³/mol. The van der Waals surface area contributed by atoms with Gasteiger partial charge in [-0.15, -0.1) is 0 Å². The number of piperidine rings is 2. The summed E-state index contributed by atoms with van der Waals surface area (Å²) in [5.74, 6) is 2.70. The Kier molecular flexibility index (Phi) is 4.69. The van der Waals surface area contributed by atoms with Crippen molar-refractivity contribution >= 4 is 29.3 Å². The summed E-state index contributed by atoms with van der Waals surface area (Å²) >= 11 is 0. The van der Waals surface area contributed by atoms with E-state index in [9.17, 15) is 4.79 Å². The fourth-order valence-electron chi connectivity index (χ4n) is 4.77. The molecule has 0 aliphatic carbocycles. The number of carbonyl (C=O) groups excluding carboxylic acids is 1. The van der Waals surface area contributed by atoms with Gasteiger partial charge in [-0.25, -0.2) is 19.7 Å². The lowest BCUT2D eigenvalue weighted by atomic mass is 9.99. The van der Waals surface area contributed by atoms with Crippen molar-refractivity contribution in [3.05, 3.63) is 30.6 Å². The second-order valence-electron chi connectivity index (χ2n) is 8.32. The van der Waals surface area contributed by atoms with Crippen LogP contribution in [0.3, 0.4) is 0 Å². The van der Waals surface area contributed by atoms with Crippen LogP contribution in [-0.4, -0.2) is 53.2 Å². The van der Waals surface area contributed by atoms with Crippen LogP contribution in [0.2, 0.25) is 0 Å². The molecule has 2 amide bonds. The molecule has 29 heavy (non-hydrogen) atoms. The maximum Gasteiger partial charge on any atom is 0.330 e. The van der Waals surface area contributed by atoms with Crippen molar-refractivity contribution in [3.8, 4) is 0 Å². The molecule has 3 aliphatic heterocycles. The van der Waals surface area contributed by atoms with Crippen molar-refractivity contribution in [2.75, 3.05) is 46.2 Å². The topological polar surface area (TPSA) is 77.5 Å². The molecule has 2 bridgehead atoms. The molecule has 2 aromatic heterocycles. The average molecular weight is 393 g/mol. The summed E-state index contributed by atoms with van der Waals surface area (Å²) in [6.45, 7) is 6.19. The summed E-state index contributed by atoms with van der Waals surface area (Å²) in [4.78, 5) is 33.1. The number of hydrogen-bond acceptors (Lipinski definition) is 6. The summed E-state index contributed by atoms with van der Waals surface area (Å²) in [5.41, 5.74) is 1.04. The highest BCUT2D eigenvalue weighted by Crippen LogP contribution is 2.39. The molecule has 2 saturated heterocycles. The van der Waals surface area contributed by atoms with E-state index in [0.29, 0.717) is 11.9 Å². The van der Waals surface area contributed by atoms with Gasteiger partial charge in [0.2, 0.25) is 5.95 Å². The van der Waals surface area contributed by atoms with E-state index < -0.39 is 0 Å². The fraction of sp³-hybridized carbons (Fsp3) is 0.524. The van der Waals surface area contributed by atoms with Crippen LogP contribution in [0.5, 0.6) is 0 Å². The van der Waals surface area contributed by atoms with E-state index in [1.807, 2.05) is 4.90 Å². The van der Waals surface area contributed by atoms with E-state index in [0.717, 1.165) is 56.3 Å². The highest BCUT2D eigenvalue weighted by molar-refractivity contribution is 6.03. The van der Waals surface area contributed by atoms with Crippen molar-refractivity contribution < 1.29 is 4.79 Å². The first-order valence-corrected chi connectivity index (χ1v) is 10.6. The number of fused-ring (bicyclic) bond motifs is 4. The first-order valence-electron chi connectivity index (χ1n) is 10.6. The number of nitrogens with one attached hydrogen (secondary N) is 1. The van der Waals surface area contributed by atoms with Gasteiger partial charge in [0, 0.05) is 38.6 Å². The van der Waals surface area contributed by atoms with Crippen molar-refractivity contribution in [3.63, 3.8) is 0 Å². The third-order valence-electron chi connectivity index (χ3n) is 6.15. The minimum atomic E-state index is -0.208. The maximum absolute atomic E-state index is 13.2. The smallest absolute Gasteiger partial charge is 0.330 e. The average Bonchev–Trinajstić information content (AvgIpc) is 2.74. The molecule has 2 fully saturated rings. The number of pyridine rings is 1. The van der Waals surface area contributed by atoms with Crippen molar-refractivity contribution in [1.29, 1.82) is 0 Å². The molecular formula is C21H27N7O. The van der Waals surface area contributed by atoms with E-state index in [1.54, 1.807) is 18.5 Å². The van der Waals surface area contributed by atoms with Crippen LogP contribution in [-0.2, 0) is 0 Å². The molecule has 5 rings (SSSR count). The lowest BCUT2D eigenvalue weighted by Crippen LogP contribution is -2.56. The molecule has 1 unspecified atom stereocenters. The Balaban J connectivity index is 1.49. The summed E-state index contributed by atoms with van der Waals surface area (Å²) in [5, 5.41) is 2.85. The molecule has 0 saturated carbocycles. The molecule has 8 heteroatoms. The molecule has 0 radical (unpaired) electrons. The number of urea groups is 1. The SMILES string of the molecule is CC1CCCN(c2ccc3c(n2)N(C(=O)Nc2ncccn2)[C@@H]2CCCN3C2)C1. The molecule has 8 nitrogen and oxygen atoms in total. The summed E-state index contributed by atoms with van der Waals surface area (Å²) < 4.78 is 0. The number of aromatic nitrogens is 3. The molecule has 0 spiro atoms. The Labute approximate surface area is 171 Å². The van der Waals surface area contributed by atoms with Gasteiger partial charge in [-0.2, -0.15) is 0 Å². The quantitative estimate of drug-likeness (QED) is 0.845. The van der Waals surface area contributed by atoms with Gasteiger partial charge in [0.05, 0.1) is 11.7 Å². The molecule has 152 valence electrons. The van der Waals surface area contributed by atoms with Gasteiger partial charge in [-0.05, 0) is 49.8 Å². The lowest BCUT2D eigenvalue weighted by molar-refractivity contribution is 0.252. The molecule has 3 aliphatic rings. The fourth-order valence-corrected chi connectivity index (χ4v) is 4.77. The molecule has 2 aromatic rings. The summed E-state index contributed by atoms with van der Waals surface area (Å²) in [7, 11) is 0. The van der Waals surface area contributed by atoms with E-state index in [-0.39, 0.29) is 12.1 Å². The van der Waals surface area contributed by atoms with Crippen LogP contribution in [0, 0.1) is 5.92 Å². The highest BCUT2D eigenvalue weighted by atomic mass is 16.2. The zero-order chi connectivity index (χ0) is 19.8. The van der Waals surface area contributed by atoms with E-state index >= 15 is 0 Å². The minimum absolute atomic E-state index is 0.114. The van der Waals surface area contributed by atoms with Crippen molar-refractivity contribution in [1.82, 2.24) is 15.0 Å². The molecule has 0 aromatic carbocycles. The van der Waals surface area contributed by atoms with Gasteiger partial charge < -0.3 is 9.80 Å². The molecule has 1 N–H and O–H groups in total. The van der Waals surface area contributed by atoms with E-state index in [2.05, 4.69) is 44.1 Å². The van der Waals surface area contributed by atoms with Crippen LogP contribution in [0.4, 0.5) is 28.1 Å². The van der Waals surface area contributed by atoms with Gasteiger partial charge in [0.15, 0.2) is 5.82 Å². The summed E-state index contributed by atoms with van der Waals surface area (Å²) in [6, 6.07) is 5.89. The Bertz CT molecular complexity index is 890. The minimum Gasteiger partial charge on any atom is -0.366 e. The Morgan fingerprint density at radius 1 is 1.07 bits per heavy atom. The van der Waals surface area contributed by atoms with Crippen LogP contribution < -0.4 is 20.0 Å². The number of hydrogen-bond donors (Lipinski definition) is 1. The summed E-state index contributed by atoms with van der Waals surface area (Å²) in [6.07, 6.45) is 7.76. The lowest BCUT2D eigenvalue weighted by Gasteiger charge is -2.46. The third kappa shape index (κ3) is 3.47. The van der Waals surface area contributed by atoms with Gasteiger partial charge in [0.25, 0.3) is 0 Å². The van der Waals surface area contributed by atoms with Gasteiger partial charge >= 0.3 is 6.03 Å². The zero-order valence-electron chi connectivity index (χ0n) is 16.8. The first kappa shape index (κ1) is 18.1. The number of rotatable bonds is 2. The van der Waals surface area contributed by atoms with Crippen LogP contribution in [0.25, 0.3) is 0 Å². The van der Waals surface area contributed by atoms with Crippen LogP contribution in [0.1, 0.15) is 32.6 Å². The van der Waals surface area contributed by atoms with Crippen LogP contribution >= 0.6 is 0 Å². The van der Waals surface area contributed by atoms with Crippen molar-refractivity contribution in [2.45, 2.75) is 38.6 Å². The third-order valence-corrected chi connectivity index (χ3v) is 6.15. The van der Waals surface area contributed by atoms with Gasteiger partial charge in [-0.3, -0.25) is 10.2 Å². The number of anilines is 4. The number of amides is 2.